The molecule has 0 aliphatic carbocycles. The molecule has 0 bridgehead atoms. The van der Waals surface area contributed by atoms with Gasteiger partial charge in [0.25, 0.3) is 5.56 Å². The summed E-state index contributed by atoms with van der Waals surface area (Å²) in [4.78, 5) is 19.4. The van der Waals surface area contributed by atoms with Gasteiger partial charge in [-0.3, -0.25) is 14.1 Å². The van der Waals surface area contributed by atoms with E-state index in [0.29, 0.717) is 12.6 Å². The number of fused-ring (bicyclic) bond motifs is 1. The molecule has 22 heavy (non-hydrogen) atoms. The van der Waals surface area contributed by atoms with Crippen molar-refractivity contribution in [3.63, 3.8) is 0 Å². The third-order valence-electron chi connectivity index (χ3n) is 4.47. The van der Waals surface area contributed by atoms with Crippen LogP contribution in [0.1, 0.15) is 36.9 Å². The maximum Gasteiger partial charge on any atom is 0.258 e. The van der Waals surface area contributed by atoms with E-state index in [2.05, 4.69) is 9.88 Å². The Balaban J connectivity index is 1.87. The molecule has 1 atom stereocenters. The Hall–Kier alpha value is -1.72. The van der Waals surface area contributed by atoms with Gasteiger partial charge in [-0.25, -0.2) is 4.98 Å². The van der Waals surface area contributed by atoms with Gasteiger partial charge in [0.1, 0.15) is 5.65 Å². The summed E-state index contributed by atoms with van der Waals surface area (Å²) in [7, 11) is 0. The highest BCUT2D eigenvalue weighted by Gasteiger charge is 2.22. The van der Waals surface area contributed by atoms with Gasteiger partial charge in [-0.15, -0.1) is 0 Å². The first-order chi connectivity index (χ1) is 10.7. The van der Waals surface area contributed by atoms with Crippen molar-refractivity contribution in [2.45, 2.75) is 45.2 Å². The second-order valence-corrected chi connectivity index (χ2v) is 6.22. The van der Waals surface area contributed by atoms with Crippen LogP contribution in [0.25, 0.3) is 5.65 Å². The molecule has 0 unspecified atom stereocenters. The second-order valence-electron chi connectivity index (χ2n) is 6.22. The maximum absolute atomic E-state index is 12.3. The lowest BCUT2D eigenvalue weighted by Crippen LogP contribution is -2.40. The Labute approximate surface area is 130 Å². The van der Waals surface area contributed by atoms with Crippen molar-refractivity contribution in [2.24, 2.45) is 5.73 Å². The summed E-state index contributed by atoms with van der Waals surface area (Å²) >= 11 is 0. The summed E-state index contributed by atoms with van der Waals surface area (Å²) in [5.41, 5.74) is 8.37. The molecule has 0 saturated carbocycles. The van der Waals surface area contributed by atoms with Gasteiger partial charge in [0.15, 0.2) is 0 Å². The van der Waals surface area contributed by atoms with Crippen LogP contribution in [-0.2, 0) is 6.54 Å². The van der Waals surface area contributed by atoms with E-state index in [1.807, 2.05) is 25.3 Å². The number of nitrogens with two attached hydrogens (primary N) is 1. The molecular formula is C17H24N4O. The van der Waals surface area contributed by atoms with E-state index in [4.69, 9.17) is 5.73 Å². The van der Waals surface area contributed by atoms with Crippen molar-refractivity contribution in [1.29, 1.82) is 0 Å². The molecule has 0 amide bonds. The average molecular weight is 300 g/mol. The van der Waals surface area contributed by atoms with E-state index < -0.39 is 0 Å². The lowest BCUT2D eigenvalue weighted by molar-refractivity contribution is 0.132. The number of hydrogen-bond acceptors (Lipinski definition) is 4. The predicted octanol–water partition coefficient (Wildman–Crippen LogP) is 1.71. The van der Waals surface area contributed by atoms with Crippen LogP contribution in [0.15, 0.2) is 29.2 Å². The van der Waals surface area contributed by atoms with Gasteiger partial charge in [0.2, 0.25) is 0 Å². The third kappa shape index (κ3) is 3.20. The molecule has 5 nitrogen and oxygen atoms in total. The highest BCUT2D eigenvalue weighted by atomic mass is 16.1. The van der Waals surface area contributed by atoms with Gasteiger partial charge >= 0.3 is 0 Å². The molecule has 2 aromatic rings. The number of rotatable bonds is 4. The fraction of sp³-hybridized carbons (Fsp3) is 0.529. The Morgan fingerprint density at radius 1 is 1.36 bits per heavy atom. The molecule has 1 fully saturated rings. The Kier molecular flexibility index (Phi) is 4.55. The number of nitrogens with zero attached hydrogens (tertiary/aromatic N) is 3. The first-order valence-corrected chi connectivity index (χ1v) is 8.10. The van der Waals surface area contributed by atoms with Crippen LogP contribution in [0.2, 0.25) is 0 Å². The molecule has 118 valence electrons. The number of likely N-dealkylation sites (tertiary alicyclic amines) is 1. The minimum Gasteiger partial charge on any atom is -0.330 e. The van der Waals surface area contributed by atoms with Gasteiger partial charge < -0.3 is 5.73 Å². The molecule has 0 spiro atoms. The second kappa shape index (κ2) is 6.58. The van der Waals surface area contributed by atoms with Crippen LogP contribution in [0.5, 0.6) is 0 Å². The molecule has 5 heteroatoms. The summed E-state index contributed by atoms with van der Waals surface area (Å²) in [6, 6.07) is 6.09. The van der Waals surface area contributed by atoms with E-state index in [1.165, 1.54) is 19.3 Å². The molecule has 1 saturated heterocycles. The number of hydrogen-bond donors (Lipinski definition) is 1. The predicted molar refractivity (Wildman–Crippen MR) is 87.9 cm³/mol. The molecule has 1 aliphatic heterocycles. The fourth-order valence-electron chi connectivity index (χ4n) is 3.33. The topological polar surface area (TPSA) is 63.6 Å². The van der Waals surface area contributed by atoms with Crippen molar-refractivity contribution >= 4 is 5.65 Å². The molecule has 3 rings (SSSR count). The largest absolute Gasteiger partial charge is 0.330 e. The summed E-state index contributed by atoms with van der Waals surface area (Å²) < 4.78 is 1.62. The van der Waals surface area contributed by atoms with Crippen molar-refractivity contribution < 1.29 is 0 Å². The van der Waals surface area contributed by atoms with Gasteiger partial charge in [0.05, 0.1) is 5.69 Å². The van der Waals surface area contributed by atoms with Gasteiger partial charge in [-0.1, -0.05) is 12.5 Å². The SMILES string of the molecule is Cc1ccc2nc(CN3CCCC[C@@H]3CCN)cc(=O)n2c1. The molecule has 2 N–H and O–H groups in total. The van der Waals surface area contributed by atoms with Crippen LogP contribution >= 0.6 is 0 Å². The minimum atomic E-state index is -0.00363. The lowest BCUT2D eigenvalue weighted by Gasteiger charge is -2.35. The van der Waals surface area contributed by atoms with Crippen LogP contribution < -0.4 is 11.3 Å². The Morgan fingerprint density at radius 2 is 2.23 bits per heavy atom. The standard InChI is InChI=1S/C17H24N4O/c1-13-5-6-16-19-14(10-17(22)21(16)11-13)12-20-9-3-2-4-15(20)7-8-18/h5-6,10-11,15H,2-4,7-9,12,18H2,1H3/t15-/m1/s1. The zero-order valence-electron chi connectivity index (χ0n) is 13.2. The van der Waals surface area contributed by atoms with E-state index in [1.54, 1.807) is 10.5 Å². The Bertz CT molecular complexity index is 707. The van der Waals surface area contributed by atoms with Crippen molar-refractivity contribution in [3.05, 3.63) is 46.0 Å². The number of piperidine rings is 1. The molecule has 2 aromatic heterocycles. The van der Waals surface area contributed by atoms with E-state index >= 15 is 0 Å². The minimum absolute atomic E-state index is 0.00363. The van der Waals surface area contributed by atoms with Gasteiger partial charge in [0, 0.05) is 24.8 Å². The average Bonchev–Trinajstić information content (AvgIpc) is 2.50. The summed E-state index contributed by atoms with van der Waals surface area (Å²) in [6.07, 6.45) is 6.54. The van der Waals surface area contributed by atoms with Crippen LogP contribution in [0, 0.1) is 6.92 Å². The van der Waals surface area contributed by atoms with Crippen LogP contribution in [-0.4, -0.2) is 33.4 Å². The highest BCUT2D eigenvalue weighted by molar-refractivity contribution is 5.39. The van der Waals surface area contributed by atoms with Crippen molar-refractivity contribution in [3.8, 4) is 0 Å². The number of aryl methyl sites for hydroxylation is 1. The molecular weight excluding hydrogens is 276 g/mol. The van der Waals surface area contributed by atoms with Gasteiger partial charge in [-0.05, 0) is 50.9 Å². The smallest absolute Gasteiger partial charge is 0.258 e. The quantitative estimate of drug-likeness (QED) is 0.933. The van der Waals surface area contributed by atoms with E-state index in [-0.39, 0.29) is 5.56 Å². The van der Waals surface area contributed by atoms with E-state index in [9.17, 15) is 4.79 Å². The number of pyridine rings is 1. The van der Waals surface area contributed by atoms with Crippen LogP contribution in [0.3, 0.4) is 0 Å². The van der Waals surface area contributed by atoms with E-state index in [0.717, 1.165) is 36.4 Å². The Morgan fingerprint density at radius 3 is 3.05 bits per heavy atom. The molecule has 0 radical (unpaired) electrons. The summed E-state index contributed by atoms with van der Waals surface area (Å²) in [5, 5.41) is 0. The zero-order chi connectivity index (χ0) is 15.5. The zero-order valence-corrected chi connectivity index (χ0v) is 13.2. The third-order valence-corrected chi connectivity index (χ3v) is 4.47. The first kappa shape index (κ1) is 15.2. The monoisotopic (exact) mass is 300 g/mol. The van der Waals surface area contributed by atoms with Gasteiger partial charge in [-0.2, -0.15) is 0 Å². The maximum atomic E-state index is 12.3. The molecule has 3 heterocycles. The highest BCUT2D eigenvalue weighted by Crippen LogP contribution is 2.21. The summed E-state index contributed by atoms with van der Waals surface area (Å²) in [5.74, 6) is 0. The molecule has 0 aromatic carbocycles. The lowest BCUT2D eigenvalue weighted by atomic mass is 9.99. The van der Waals surface area contributed by atoms with Crippen molar-refractivity contribution in [1.82, 2.24) is 14.3 Å². The summed E-state index contributed by atoms with van der Waals surface area (Å²) in [6.45, 7) is 4.50. The number of aromatic nitrogens is 2. The fourth-order valence-corrected chi connectivity index (χ4v) is 3.33. The first-order valence-electron chi connectivity index (χ1n) is 8.10. The normalized spacial score (nSPS) is 19.6. The van der Waals surface area contributed by atoms with Crippen molar-refractivity contribution in [2.75, 3.05) is 13.1 Å². The molecule has 1 aliphatic rings. The van der Waals surface area contributed by atoms with Crippen LogP contribution in [0.4, 0.5) is 0 Å².